The molecule has 30 heavy (non-hydrogen) atoms. The second kappa shape index (κ2) is 8.82. The van der Waals surface area contributed by atoms with E-state index >= 15 is 0 Å². The van der Waals surface area contributed by atoms with Crippen molar-refractivity contribution in [2.45, 2.75) is 19.5 Å². The van der Waals surface area contributed by atoms with Gasteiger partial charge >= 0.3 is 5.97 Å². The molecule has 0 aliphatic carbocycles. The van der Waals surface area contributed by atoms with Crippen molar-refractivity contribution in [3.63, 3.8) is 0 Å². The normalized spacial score (nSPS) is 13.7. The molecule has 0 spiro atoms. The molecule has 0 saturated carbocycles. The van der Waals surface area contributed by atoms with E-state index in [1.54, 1.807) is 24.5 Å². The molecule has 2 aromatic heterocycles. The maximum atomic E-state index is 11.7. The Morgan fingerprint density at radius 1 is 1.23 bits per heavy atom. The average Bonchev–Trinajstić information content (AvgIpc) is 2.79. The van der Waals surface area contributed by atoms with Gasteiger partial charge in [-0.1, -0.05) is 18.2 Å². The van der Waals surface area contributed by atoms with Gasteiger partial charge in [-0.2, -0.15) is 0 Å². The van der Waals surface area contributed by atoms with Crippen LogP contribution in [-0.4, -0.2) is 36.2 Å². The number of nitrogens with one attached hydrogen (secondary N) is 1. The van der Waals surface area contributed by atoms with Crippen LogP contribution in [0, 0.1) is 0 Å². The fourth-order valence-corrected chi connectivity index (χ4v) is 3.53. The quantitative estimate of drug-likeness (QED) is 0.626. The Hall–Kier alpha value is -3.61. The predicted octanol–water partition coefficient (Wildman–Crippen LogP) is 3.84. The first kappa shape index (κ1) is 19.7. The SMILES string of the molecule is COC(=O)c1ccc([C@H](C)Nc2nccc3c2N(Cc2cccnc2)CCO3)cc1. The molecule has 1 N–H and O–H groups in total. The summed E-state index contributed by atoms with van der Waals surface area (Å²) in [7, 11) is 1.38. The van der Waals surface area contributed by atoms with Crippen LogP contribution in [0.3, 0.4) is 0 Å². The number of anilines is 2. The van der Waals surface area contributed by atoms with Crippen molar-refractivity contribution in [3.05, 3.63) is 77.7 Å². The van der Waals surface area contributed by atoms with Crippen LogP contribution in [0.4, 0.5) is 11.5 Å². The van der Waals surface area contributed by atoms with E-state index in [9.17, 15) is 4.79 Å². The van der Waals surface area contributed by atoms with Gasteiger partial charge in [0.05, 0.1) is 25.3 Å². The van der Waals surface area contributed by atoms with E-state index in [4.69, 9.17) is 9.47 Å². The van der Waals surface area contributed by atoms with E-state index in [2.05, 4.69) is 33.2 Å². The molecule has 0 unspecified atom stereocenters. The average molecular weight is 404 g/mol. The summed E-state index contributed by atoms with van der Waals surface area (Å²) in [5.74, 6) is 1.24. The minimum atomic E-state index is -0.343. The molecule has 1 aliphatic rings. The van der Waals surface area contributed by atoms with Crippen LogP contribution in [0.25, 0.3) is 0 Å². The maximum absolute atomic E-state index is 11.7. The minimum Gasteiger partial charge on any atom is -0.489 e. The maximum Gasteiger partial charge on any atom is 0.337 e. The number of nitrogens with zero attached hydrogens (tertiary/aromatic N) is 3. The topological polar surface area (TPSA) is 76.6 Å². The van der Waals surface area contributed by atoms with E-state index < -0.39 is 0 Å². The molecule has 4 rings (SSSR count). The molecule has 0 amide bonds. The van der Waals surface area contributed by atoms with Crippen LogP contribution < -0.4 is 15.0 Å². The first-order valence-corrected chi connectivity index (χ1v) is 9.86. The van der Waals surface area contributed by atoms with Crippen molar-refractivity contribution in [1.82, 2.24) is 9.97 Å². The molecular formula is C23H24N4O3. The zero-order valence-corrected chi connectivity index (χ0v) is 17.0. The number of carbonyl (C=O) groups excluding carboxylic acids is 1. The van der Waals surface area contributed by atoms with Gasteiger partial charge in [0.1, 0.15) is 18.0 Å². The zero-order valence-electron chi connectivity index (χ0n) is 17.0. The van der Waals surface area contributed by atoms with Crippen LogP contribution in [-0.2, 0) is 11.3 Å². The Kier molecular flexibility index (Phi) is 5.79. The summed E-state index contributed by atoms with van der Waals surface area (Å²) in [6.07, 6.45) is 5.41. The number of hydrogen-bond donors (Lipinski definition) is 1. The van der Waals surface area contributed by atoms with Gasteiger partial charge in [0.25, 0.3) is 0 Å². The highest BCUT2D eigenvalue weighted by atomic mass is 16.5. The fraction of sp³-hybridized carbons (Fsp3) is 0.261. The van der Waals surface area contributed by atoms with Crippen LogP contribution >= 0.6 is 0 Å². The van der Waals surface area contributed by atoms with E-state index in [1.165, 1.54) is 7.11 Å². The summed E-state index contributed by atoms with van der Waals surface area (Å²) < 4.78 is 10.7. The van der Waals surface area contributed by atoms with Crippen molar-refractivity contribution in [2.24, 2.45) is 0 Å². The number of rotatable bonds is 6. The summed E-state index contributed by atoms with van der Waals surface area (Å²) in [5, 5.41) is 3.50. The molecule has 0 bridgehead atoms. The number of benzene rings is 1. The third kappa shape index (κ3) is 4.20. The van der Waals surface area contributed by atoms with Gasteiger partial charge in [-0.15, -0.1) is 0 Å². The number of carbonyl (C=O) groups is 1. The summed E-state index contributed by atoms with van der Waals surface area (Å²) in [4.78, 5) is 22.7. The lowest BCUT2D eigenvalue weighted by Gasteiger charge is -2.33. The third-order valence-corrected chi connectivity index (χ3v) is 5.10. The molecule has 3 heterocycles. The van der Waals surface area contributed by atoms with Gasteiger partial charge in [0.15, 0.2) is 5.82 Å². The molecule has 7 heteroatoms. The molecule has 3 aromatic rings. The van der Waals surface area contributed by atoms with E-state index in [-0.39, 0.29) is 12.0 Å². The number of hydrogen-bond acceptors (Lipinski definition) is 7. The lowest BCUT2D eigenvalue weighted by Crippen LogP contribution is -2.33. The van der Waals surface area contributed by atoms with E-state index in [1.807, 2.05) is 30.5 Å². The number of fused-ring (bicyclic) bond motifs is 1. The lowest BCUT2D eigenvalue weighted by molar-refractivity contribution is 0.0600. The first-order valence-electron chi connectivity index (χ1n) is 9.86. The second-order valence-corrected chi connectivity index (χ2v) is 7.12. The lowest BCUT2D eigenvalue weighted by atomic mass is 10.1. The van der Waals surface area contributed by atoms with Crippen LogP contribution in [0.15, 0.2) is 61.1 Å². The molecule has 154 valence electrons. The van der Waals surface area contributed by atoms with E-state index in [0.29, 0.717) is 12.2 Å². The van der Waals surface area contributed by atoms with Crippen molar-refractivity contribution in [1.29, 1.82) is 0 Å². The van der Waals surface area contributed by atoms with Gasteiger partial charge in [-0.25, -0.2) is 9.78 Å². The predicted molar refractivity (Wildman–Crippen MR) is 115 cm³/mol. The molecule has 0 radical (unpaired) electrons. The highest BCUT2D eigenvalue weighted by Gasteiger charge is 2.24. The highest BCUT2D eigenvalue weighted by Crippen LogP contribution is 2.39. The van der Waals surface area contributed by atoms with Gasteiger partial charge < -0.3 is 19.7 Å². The fourth-order valence-electron chi connectivity index (χ4n) is 3.53. The summed E-state index contributed by atoms with van der Waals surface area (Å²) in [5.41, 5.74) is 3.65. The molecule has 0 fully saturated rings. The van der Waals surface area contributed by atoms with Gasteiger partial charge in [0, 0.05) is 31.2 Å². The second-order valence-electron chi connectivity index (χ2n) is 7.12. The van der Waals surface area contributed by atoms with Crippen molar-refractivity contribution < 1.29 is 14.3 Å². The first-order chi connectivity index (χ1) is 14.7. The molecule has 1 atom stereocenters. The zero-order chi connectivity index (χ0) is 20.9. The monoisotopic (exact) mass is 404 g/mol. The van der Waals surface area contributed by atoms with E-state index in [0.717, 1.165) is 41.5 Å². The summed E-state index contributed by atoms with van der Waals surface area (Å²) in [6.45, 7) is 4.18. The Morgan fingerprint density at radius 2 is 2.07 bits per heavy atom. The number of ether oxygens (including phenoxy) is 2. The standard InChI is InChI=1S/C23H24N4O3/c1-16(18-5-7-19(8-6-18)23(28)29-2)26-22-21-20(9-11-25-22)30-13-12-27(21)15-17-4-3-10-24-14-17/h3-11,14,16H,12-13,15H2,1-2H3,(H,25,26)/t16-/m0/s1. The molecule has 1 aromatic carbocycles. The third-order valence-electron chi connectivity index (χ3n) is 5.10. The number of methoxy groups -OCH3 is 1. The molecule has 7 nitrogen and oxygen atoms in total. The molecule has 0 saturated heterocycles. The Morgan fingerprint density at radius 3 is 2.80 bits per heavy atom. The largest absolute Gasteiger partial charge is 0.489 e. The minimum absolute atomic E-state index is 0.0159. The van der Waals surface area contributed by atoms with Gasteiger partial charge in [-0.3, -0.25) is 4.98 Å². The van der Waals surface area contributed by atoms with Crippen molar-refractivity contribution >= 4 is 17.5 Å². The van der Waals surface area contributed by atoms with Gasteiger partial charge in [0.2, 0.25) is 0 Å². The van der Waals surface area contributed by atoms with Crippen LogP contribution in [0.1, 0.15) is 34.5 Å². The van der Waals surface area contributed by atoms with Crippen molar-refractivity contribution in [2.75, 3.05) is 30.5 Å². The number of esters is 1. The van der Waals surface area contributed by atoms with Crippen LogP contribution in [0.5, 0.6) is 5.75 Å². The van der Waals surface area contributed by atoms with Crippen LogP contribution in [0.2, 0.25) is 0 Å². The van der Waals surface area contributed by atoms with Crippen molar-refractivity contribution in [3.8, 4) is 5.75 Å². The Bertz CT molecular complexity index is 1010. The highest BCUT2D eigenvalue weighted by molar-refractivity contribution is 5.89. The smallest absolute Gasteiger partial charge is 0.337 e. The number of aromatic nitrogens is 2. The Balaban J connectivity index is 1.57. The summed E-state index contributed by atoms with van der Waals surface area (Å²) >= 11 is 0. The number of pyridine rings is 2. The molecule has 1 aliphatic heterocycles. The molecular weight excluding hydrogens is 380 g/mol. The van der Waals surface area contributed by atoms with Gasteiger partial charge in [-0.05, 0) is 36.2 Å². The summed E-state index contributed by atoms with van der Waals surface area (Å²) in [6, 6.07) is 13.3. The Labute approximate surface area is 175 Å².